The Morgan fingerprint density at radius 1 is 0.917 bits per heavy atom. The highest BCUT2D eigenvalue weighted by Gasteiger charge is 2.21. The number of ether oxygens (including phenoxy) is 1. The van der Waals surface area contributed by atoms with E-state index in [4.69, 9.17) is 4.74 Å². The van der Waals surface area contributed by atoms with E-state index in [0.29, 0.717) is 17.9 Å². The number of carbonyl (C=O) groups is 2. The Morgan fingerprint density at radius 2 is 1.67 bits per heavy atom. The molecule has 0 atom stereocenters. The number of nitrogens with one attached hydrogen (secondary N) is 1. The maximum atomic E-state index is 13.6. The van der Waals surface area contributed by atoms with Gasteiger partial charge in [-0.25, -0.2) is 4.79 Å². The lowest BCUT2D eigenvalue weighted by Crippen LogP contribution is -2.44. The second kappa shape index (κ2) is 11.7. The number of carbonyl (C=O) groups excluding carboxylic acids is 1. The average Bonchev–Trinajstić information content (AvgIpc) is 2.89. The topological polar surface area (TPSA) is 82.1 Å². The fraction of sp³-hybridized carbons (Fsp3) is 0.310. The van der Waals surface area contributed by atoms with Crippen molar-refractivity contribution in [2.75, 3.05) is 50.1 Å². The summed E-state index contributed by atoms with van der Waals surface area (Å²) in [6.45, 7) is 6.23. The molecule has 0 spiro atoms. The molecule has 1 fully saturated rings. The van der Waals surface area contributed by atoms with Crippen LogP contribution in [0.1, 0.15) is 40.5 Å². The van der Waals surface area contributed by atoms with Crippen molar-refractivity contribution in [1.82, 2.24) is 4.90 Å². The van der Waals surface area contributed by atoms with E-state index in [1.807, 2.05) is 48.5 Å². The first kappa shape index (κ1) is 25.3. The molecular weight excluding hydrogens is 454 g/mol. The molecule has 1 aliphatic heterocycles. The second-order valence-electron chi connectivity index (χ2n) is 9.06. The Hall–Kier alpha value is -3.84. The SMILES string of the molecule is CCCCOc1ccc(N2CCN(C)CC2)cc1C(=O)Nc1cc(-c2ccccc2)ccc1C(=O)O. The highest BCUT2D eigenvalue weighted by Crippen LogP contribution is 2.30. The normalized spacial score (nSPS) is 13.9. The number of hydrogen-bond donors (Lipinski definition) is 2. The molecule has 0 bridgehead atoms. The zero-order valence-electron chi connectivity index (χ0n) is 20.9. The van der Waals surface area contributed by atoms with E-state index in [-0.39, 0.29) is 11.3 Å². The number of rotatable bonds is 9. The fourth-order valence-corrected chi connectivity index (χ4v) is 4.24. The third kappa shape index (κ3) is 6.04. The van der Waals surface area contributed by atoms with Crippen LogP contribution < -0.4 is 15.0 Å². The van der Waals surface area contributed by atoms with E-state index in [1.165, 1.54) is 6.07 Å². The van der Waals surface area contributed by atoms with Crippen LogP contribution in [-0.2, 0) is 0 Å². The summed E-state index contributed by atoms with van der Waals surface area (Å²) in [5.41, 5.74) is 3.38. The number of carboxylic acids is 1. The van der Waals surface area contributed by atoms with Gasteiger partial charge in [0.2, 0.25) is 0 Å². The summed E-state index contributed by atoms with van der Waals surface area (Å²) in [6, 6.07) is 20.3. The zero-order chi connectivity index (χ0) is 25.5. The molecule has 1 aliphatic rings. The van der Waals surface area contributed by atoms with Gasteiger partial charge < -0.3 is 25.0 Å². The molecule has 0 saturated carbocycles. The third-order valence-electron chi connectivity index (χ3n) is 6.44. The van der Waals surface area contributed by atoms with Crippen molar-refractivity contribution in [3.05, 3.63) is 77.9 Å². The van der Waals surface area contributed by atoms with Crippen LogP contribution in [0.3, 0.4) is 0 Å². The summed E-state index contributed by atoms with van der Waals surface area (Å²) in [5.74, 6) is -1.00. The molecule has 1 saturated heterocycles. The molecule has 36 heavy (non-hydrogen) atoms. The molecule has 3 aromatic carbocycles. The molecule has 1 heterocycles. The van der Waals surface area contributed by atoms with Crippen molar-refractivity contribution in [2.24, 2.45) is 0 Å². The Morgan fingerprint density at radius 3 is 2.36 bits per heavy atom. The Labute approximate surface area is 212 Å². The molecule has 7 heteroatoms. The minimum atomic E-state index is -1.10. The van der Waals surface area contributed by atoms with Crippen LogP contribution >= 0.6 is 0 Å². The number of unbranched alkanes of at least 4 members (excludes halogenated alkanes) is 1. The first-order valence-corrected chi connectivity index (χ1v) is 12.4. The van der Waals surface area contributed by atoms with Crippen LogP contribution in [0.2, 0.25) is 0 Å². The number of anilines is 2. The van der Waals surface area contributed by atoms with Crippen molar-refractivity contribution in [1.29, 1.82) is 0 Å². The highest BCUT2D eigenvalue weighted by atomic mass is 16.5. The van der Waals surface area contributed by atoms with E-state index in [1.54, 1.807) is 12.1 Å². The first-order valence-electron chi connectivity index (χ1n) is 12.4. The third-order valence-corrected chi connectivity index (χ3v) is 6.44. The Kier molecular flexibility index (Phi) is 8.23. The summed E-state index contributed by atoms with van der Waals surface area (Å²) in [4.78, 5) is 30.0. The Balaban J connectivity index is 1.66. The van der Waals surface area contributed by atoms with E-state index >= 15 is 0 Å². The fourth-order valence-electron chi connectivity index (χ4n) is 4.24. The van der Waals surface area contributed by atoms with Crippen molar-refractivity contribution in [3.63, 3.8) is 0 Å². The van der Waals surface area contributed by atoms with Gasteiger partial charge in [-0.05, 0) is 54.9 Å². The van der Waals surface area contributed by atoms with Crippen LogP contribution in [0.5, 0.6) is 5.75 Å². The number of nitrogens with zero attached hydrogens (tertiary/aromatic N) is 2. The van der Waals surface area contributed by atoms with Gasteiger partial charge in [0, 0.05) is 31.9 Å². The number of benzene rings is 3. The summed E-state index contributed by atoms with van der Waals surface area (Å²) in [5, 5.41) is 12.6. The number of likely N-dealkylation sites (N-methyl/N-ethyl adjacent to an activating group) is 1. The minimum Gasteiger partial charge on any atom is -0.493 e. The lowest BCUT2D eigenvalue weighted by atomic mass is 10.0. The maximum absolute atomic E-state index is 13.6. The van der Waals surface area contributed by atoms with E-state index < -0.39 is 11.9 Å². The molecule has 1 amide bonds. The van der Waals surface area contributed by atoms with Crippen LogP contribution in [0.4, 0.5) is 11.4 Å². The molecule has 2 N–H and O–H groups in total. The molecule has 7 nitrogen and oxygen atoms in total. The van der Waals surface area contributed by atoms with Gasteiger partial charge in [-0.15, -0.1) is 0 Å². The summed E-state index contributed by atoms with van der Waals surface area (Å²) in [6.07, 6.45) is 1.86. The van der Waals surface area contributed by atoms with Gasteiger partial charge in [-0.1, -0.05) is 49.7 Å². The quantitative estimate of drug-likeness (QED) is 0.402. The largest absolute Gasteiger partial charge is 0.493 e. The standard InChI is InChI=1S/C29H33N3O4/c1-3-4-18-36-27-13-11-23(32-16-14-31(2)15-17-32)20-25(27)28(33)30-26-19-22(10-12-24(26)29(34)35)21-8-6-5-7-9-21/h5-13,19-20H,3-4,14-18H2,1-2H3,(H,30,33)(H,34,35). The predicted molar refractivity (Wildman–Crippen MR) is 143 cm³/mol. The zero-order valence-corrected chi connectivity index (χ0v) is 20.9. The molecule has 0 radical (unpaired) electrons. The smallest absolute Gasteiger partial charge is 0.337 e. The van der Waals surface area contributed by atoms with Gasteiger partial charge in [-0.3, -0.25) is 4.79 Å². The molecule has 3 aromatic rings. The monoisotopic (exact) mass is 487 g/mol. The van der Waals surface area contributed by atoms with Crippen molar-refractivity contribution < 1.29 is 19.4 Å². The van der Waals surface area contributed by atoms with Crippen LogP contribution in [0.15, 0.2) is 66.7 Å². The summed E-state index contributed by atoms with van der Waals surface area (Å²) in [7, 11) is 2.10. The summed E-state index contributed by atoms with van der Waals surface area (Å²) >= 11 is 0. The van der Waals surface area contributed by atoms with Gasteiger partial charge in [-0.2, -0.15) is 0 Å². The van der Waals surface area contributed by atoms with Gasteiger partial charge in [0.15, 0.2) is 0 Å². The number of aromatic carboxylic acids is 1. The lowest BCUT2D eigenvalue weighted by molar-refractivity contribution is 0.0698. The number of piperazine rings is 1. The predicted octanol–water partition coefficient (Wildman–Crippen LogP) is 5.23. The molecule has 188 valence electrons. The minimum absolute atomic E-state index is 0.0340. The van der Waals surface area contributed by atoms with Crippen LogP contribution in [0, 0.1) is 0 Å². The molecule has 0 aromatic heterocycles. The van der Waals surface area contributed by atoms with Crippen molar-refractivity contribution in [2.45, 2.75) is 19.8 Å². The molecule has 4 rings (SSSR count). The maximum Gasteiger partial charge on any atom is 0.337 e. The lowest BCUT2D eigenvalue weighted by Gasteiger charge is -2.34. The number of carboxylic acid groups (broad SMARTS) is 1. The van der Waals surface area contributed by atoms with E-state index in [0.717, 1.165) is 55.8 Å². The number of hydrogen-bond acceptors (Lipinski definition) is 5. The van der Waals surface area contributed by atoms with Crippen molar-refractivity contribution >= 4 is 23.3 Å². The van der Waals surface area contributed by atoms with Gasteiger partial charge >= 0.3 is 5.97 Å². The first-order chi connectivity index (χ1) is 17.5. The molecular formula is C29H33N3O4. The van der Waals surface area contributed by atoms with Crippen molar-refractivity contribution in [3.8, 4) is 16.9 Å². The van der Waals surface area contributed by atoms with Crippen LogP contribution in [-0.4, -0.2) is 61.7 Å². The van der Waals surface area contributed by atoms with Gasteiger partial charge in [0.05, 0.1) is 23.4 Å². The second-order valence-corrected chi connectivity index (χ2v) is 9.06. The molecule has 0 unspecified atom stereocenters. The van der Waals surface area contributed by atoms with Gasteiger partial charge in [0.25, 0.3) is 5.91 Å². The number of amides is 1. The summed E-state index contributed by atoms with van der Waals surface area (Å²) < 4.78 is 5.96. The highest BCUT2D eigenvalue weighted by molar-refractivity contribution is 6.10. The van der Waals surface area contributed by atoms with E-state index in [9.17, 15) is 14.7 Å². The molecule has 0 aliphatic carbocycles. The van der Waals surface area contributed by atoms with Gasteiger partial charge in [0.1, 0.15) is 5.75 Å². The average molecular weight is 488 g/mol. The van der Waals surface area contributed by atoms with Crippen LogP contribution in [0.25, 0.3) is 11.1 Å². The van der Waals surface area contributed by atoms with E-state index in [2.05, 4.69) is 29.1 Å². The Bertz CT molecular complexity index is 1200.